The Morgan fingerprint density at radius 2 is 2.39 bits per heavy atom. The van der Waals surface area contributed by atoms with Crippen LogP contribution in [0.25, 0.3) is 0 Å². The molecule has 0 bridgehead atoms. The molecule has 5 nitrogen and oxygen atoms in total. The summed E-state index contributed by atoms with van der Waals surface area (Å²) in [5.41, 5.74) is 5.32. The maximum Gasteiger partial charge on any atom is 0.227 e. The molecule has 3 N–H and O–H groups in total. The van der Waals surface area contributed by atoms with Gasteiger partial charge < -0.3 is 20.2 Å². The second kappa shape index (κ2) is 6.02. The molecule has 1 aliphatic carbocycles. The second-order valence-corrected chi connectivity index (χ2v) is 4.73. The molecule has 1 heterocycles. The fraction of sp³-hybridized carbons (Fsp3) is 0.615. The lowest BCUT2D eigenvalue weighted by Crippen LogP contribution is -2.37. The third-order valence-corrected chi connectivity index (χ3v) is 3.30. The molecular formula is C13H20N2O3. The van der Waals surface area contributed by atoms with Crippen LogP contribution < -0.4 is 11.1 Å². The van der Waals surface area contributed by atoms with Crippen molar-refractivity contribution in [3.8, 4) is 0 Å². The molecule has 1 aromatic heterocycles. The van der Waals surface area contributed by atoms with E-state index in [4.69, 9.17) is 14.9 Å². The Bertz CT molecular complexity index is 372. The number of furan rings is 1. The van der Waals surface area contributed by atoms with Crippen LogP contribution in [0.1, 0.15) is 25.0 Å². The van der Waals surface area contributed by atoms with Crippen LogP contribution in [0.15, 0.2) is 22.8 Å². The summed E-state index contributed by atoms with van der Waals surface area (Å²) in [6.07, 6.45) is 4.27. The van der Waals surface area contributed by atoms with E-state index in [0.29, 0.717) is 26.3 Å². The van der Waals surface area contributed by atoms with E-state index < -0.39 is 0 Å². The third-order valence-electron chi connectivity index (χ3n) is 3.30. The van der Waals surface area contributed by atoms with Crippen molar-refractivity contribution >= 4 is 5.91 Å². The molecule has 1 aromatic rings. The average Bonchev–Trinajstić information content (AvgIpc) is 3.03. The Morgan fingerprint density at radius 3 is 3.00 bits per heavy atom. The van der Waals surface area contributed by atoms with E-state index in [1.807, 2.05) is 12.1 Å². The van der Waals surface area contributed by atoms with Gasteiger partial charge in [-0.2, -0.15) is 0 Å². The zero-order valence-electron chi connectivity index (χ0n) is 10.5. The summed E-state index contributed by atoms with van der Waals surface area (Å²) in [4.78, 5) is 11.7. The molecular weight excluding hydrogens is 232 g/mol. The van der Waals surface area contributed by atoms with Crippen molar-refractivity contribution in [2.75, 3.05) is 19.7 Å². The third kappa shape index (κ3) is 3.34. The van der Waals surface area contributed by atoms with Crippen LogP contribution >= 0.6 is 0 Å². The predicted octanol–water partition coefficient (Wildman–Crippen LogP) is 1.04. The highest BCUT2D eigenvalue weighted by atomic mass is 16.5. The number of carbonyl (C=O) groups is 1. The van der Waals surface area contributed by atoms with Crippen LogP contribution in [0.4, 0.5) is 0 Å². The summed E-state index contributed by atoms with van der Waals surface area (Å²) in [5, 5.41) is 2.91. The van der Waals surface area contributed by atoms with Gasteiger partial charge in [-0.05, 0) is 31.4 Å². The summed E-state index contributed by atoms with van der Waals surface area (Å²) in [6.45, 7) is 2.18. The highest BCUT2D eigenvalue weighted by Gasteiger charge is 2.48. The molecule has 0 atom stereocenters. The molecule has 1 fully saturated rings. The topological polar surface area (TPSA) is 77.5 Å². The number of nitrogens with one attached hydrogen (secondary N) is 1. The molecule has 0 aliphatic heterocycles. The molecule has 1 saturated carbocycles. The first-order chi connectivity index (χ1) is 8.77. The zero-order valence-corrected chi connectivity index (χ0v) is 10.5. The number of amides is 1. The Morgan fingerprint density at radius 1 is 1.56 bits per heavy atom. The van der Waals surface area contributed by atoms with Crippen molar-refractivity contribution in [1.82, 2.24) is 5.32 Å². The minimum Gasteiger partial charge on any atom is -0.467 e. The van der Waals surface area contributed by atoms with Gasteiger partial charge >= 0.3 is 0 Å². The van der Waals surface area contributed by atoms with E-state index in [0.717, 1.165) is 25.0 Å². The first-order valence-electron chi connectivity index (χ1n) is 6.35. The fourth-order valence-electron chi connectivity index (χ4n) is 1.81. The molecule has 0 unspecified atom stereocenters. The van der Waals surface area contributed by atoms with E-state index in [1.54, 1.807) is 6.26 Å². The van der Waals surface area contributed by atoms with E-state index in [-0.39, 0.29) is 11.3 Å². The van der Waals surface area contributed by atoms with Gasteiger partial charge in [-0.1, -0.05) is 0 Å². The quantitative estimate of drug-likeness (QED) is 0.678. The van der Waals surface area contributed by atoms with Crippen molar-refractivity contribution in [3.05, 3.63) is 24.2 Å². The Hall–Kier alpha value is -1.33. The maximum absolute atomic E-state index is 11.7. The largest absolute Gasteiger partial charge is 0.467 e. The average molecular weight is 252 g/mol. The van der Waals surface area contributed by atoms with Gasteiger partial charge in [0.05, 0.1) is 11.7 Å². The van der Waals surface area contributed by atoms with Crippen LogP contribution in [-0.4, -0.2) is 25.6 Å². The molecule has 2 rings (SSSR count). The molecule has 1 amide bonds. The van der Waals surface area contributed by atoms with Gasteiger partial charge in [0, 0.05) is 19.7 Å². The minimum atomic E-state index is -0.255. The lowest BCUT2D eigenvalue weighted by molar-refractivity contribution is -0.126. The molecule has 1 aliphatic rings. The van der Waals surface area contributed by atoms with Crippen LogP contribution in [0.3, 0.4) is 0 Å². The first-order valence-corrected chi connectivity index (χ1v) is 6.35. The standard InChI is InChI=1S/C13H20N2O3/c14-10-13(4-5-13)12(16)15-6-2-7-17-9-11-3-1-8-18-11/h1,3,8H,2,4-7,9-10,14H2,(H,15,16). The van der Waals surface area contributed by atoms with Crippen molar-refractivity contribution in [2.45, 2.75) is 25.9 Å². The van der Waals surface area contributed by atoms with Gasteiger partial charge in [-0.25, -0.2) is 0 Å². The second-order valence-electron chi connectivity index (χ2n) is 4.73. The summed E-state index contributed by atoms with van der Waals surface area (Å²) in [7, 11) is 0. The number of nitrogens with two attached hydrogens (primary N) is 1. The molecule has 0 radical (unpaired) electrons. The summed E-state index contributed by atoms with van der Waals surface area (Å²) >= 11 is 0. The molecule has 0 aromatic carbocycles. The van der Waals surface area contributed by atoms with Crippen molar-refractivity contribution in [1.29, 1.82) is 0 Å². The molecule has 5 heteroatoms. The summed E-state index contributed by atoms with van der Waals surface area (Å²) < 4.78 is 10.6. The van der Waals surface area contributed by atoms with E-state index in [9.17, 15) is 4.79 Å². The van der Waals surface area contributed by atoms with Gasteiger partial charge in [0.2, 0.25) is 5.91 Å². The zero-order chi connectivity index (χ0) is 12.8. The molecule has 0 spiro atoms. The summed E-state index contributed by atoms with van der Waals surface area (Å²) in [6, 6.07) is 3.71. The molecule has 0 saturated heterocycles. The number of rotatable bonds is 8. The van der Waals surface area contributed by atoms with Gasteiger partial charge in [0.25, 0.3) is 0 Å². The van der Waals surface area contributed by atoms with Crippen molar-refractivity contribution in [3.63, 3.8) is 0 Å². The Balaban J connectivity index is 1.50. The number of hydrogen-bond acceptors (Lipinski definition) is 4. The lowest BCUT2D eigenvalue weighted by atomic mass is 10.1. The molecule has 18 heavy (non-hydrogen) atoms. The van der Waals surface area contributed by atoms with Crippen LogP contribution in [0, 0.1) is 5.41 Å². The van der Waals surface area contributed by atoms with Crippen molar-refractivity contribution < 1.29 is 13.9 Å². The maximum atomic E-state index is 11.7. The minimum absolute atomic E-state index is 0.0936. The fourth-order valence-corrected chi connectivity index (χ4v) is 1.81. The van der Waals surface area contributed by atoms with Crippen LogP contribution in [0.2, 0.25) is 0 Å². The van der Waals surface area contributed by atoms with E-state index in [2.05, 4.69) is 5.32 Å². The van der Waals surface area contributed by atoms with Crippen LogP contribution in [0.5, 0.6) is 0 Å². The normalized spacial score (nSPS) is 16.5. The highest BCUT2D eigenvalue weighted by molar-refractivity contribution is 5.85. The number of hydrogen-bond donors (Lipinski definition) is 2. The predicted molar refractivity (Wildman–Crippen MR) is 66.7 cm³/mol. The van der Waals surface area contributed by atoms with Gasteiger partial charge in [0.1, 0.15) is 12.4 Å². The smallest absolute Gasteiger partial charge is 0.227 e. The monoisotopic (exact) mass is 252 g/mol. The van der Waals surface area contributed by atoms with Gasteiger partial charge in [-0.15, -0.1) is 0 Å². The Kier molecular flexibility index (Phi) is 4.38. The highest BCUT2D eigenvalue weighted by Crippen LogP contribution is 2.44. The van der Waals surface area contributed by atoms with Crippen LogP contribution in [-0.2, 0) is 16.1 Å². The van der Waals surface area contributed by atoms with Gasteiger partial charge in [-0.3, -0.25) is 4.79 Å². The van der Waals surface area contributed by atoms with Gasteiger partial charge in [0.15, 0.2) is 0 Å². The van der Waals surface area contributed by atoms with E-state index in [1.165, 1.54) is 0 Å². The lowest BCUT2D eigenvalue weighted by Gasteiger charge is -2.12. The molecule has 100 valence electrons. The van der Waals surface area contributed by atoms with E-state index >= 15 is 0 Å². The van der Waals surface area contributed by atoms with Crippen molar-refractivity contribution in [2.24, 2.45) is 11.1 Å². The number of carbonyl (C=O) groups excluding carboxylic acids is 1. The first kappa shape index (κ1) is 13.1. The SMILES string of the molecule is NCC1(C(=O)NCCCOCc2ccco2)CC1. The number of ether oxygens (including phenoxy) is 1. The summed E-state index contributed by atoms with van der Waals surface area (Å²) in [5.74, 6) is 0.912. The Labute approximate surface area is 107 Å².